The molecule has 0 spiro atoms. The van der Waals surface area contributed by atoms with E-state index >= 15 is 0 Å². The number of hydrogen-bond acceptors (Lipinski definition) is 2. The fraction of sp³-hybridized carbons (Fsp3) is 0.538. The first-order valence-corrected chi connectivity index (χ1v) is 6.28. The highest BCUT2D eigenvalue weighted by Crippen LogP contribution is 2.28. The molecule has 0 N–H and O–H groups in total. The van der Waals surface area contributed by atoms with Gasteiger partial charge in [-0.25, -0.2) is 0 Å². The van der Waals surface area contributed by atoms with E-state index in [1.54, 1.807) is 0 Å². The predicted octanol–water partition coefficient (Wildman–Crippen LogP) is 3.14. The largest absolute Gasteiger partial charge is 0.299 e. The Kier molecular flexibility index (Phi) is 3.71. The first kappa shape index (κ1) is 11.0. The molecule has 1 heterocycles. The summed E-state index contributed by atoms with van der Waals surface area (Å²) in [5.41, 5.74) is 1.33. The molecule has 2 heteroatoms. The van der Waals surface area contributed by atoms with Crippen LogP contribution in [-0.2, 0) is 0 Å². The summed E-state index contributed by atoms with van der Waals surface area (Å²) in [6, 6.07) is 11.1. The molecular weight excluding hydrogens is 202 g/mol. The molecule has 0 saturated carbocycles. The summed E-state index contributed by atoms with van der Waals surface area (Å²) in [4.78, 5) is 2.55. The lowest BCUT2D eigenvalue weighted by atomic mass is 10.1. The van der Waals surface area contributed by atoms with Gasteiger partial charge in [0.15, 0.2) is 0 Å². The standard InChI is InChI=1S/C13H19NS/c1-11(14-9-5-6-10-14)13(15)12-7-3-2-4-8-12/h2-4,7-8,11,13,15H,5-6,9-10H2,1H3/t11-,13-/m1/s1. The average molecular weight is 221 g/mol. The molecule has 1 aliphatic heterocycles. The van der Waals surface area contributed by atoms with Gasteiger partial charge in [0.05, 0.1) is 0 Å². The second-order valence-electron chi connectivity index (χ2n) is 4.34. The molecule has 1 aromatic rings. The van der Waals surface area contributed by atoms with Crippen LogP contribution < -0.4 is 0 Å². The molecule has 15 heavy (non-hydrogen) atoms. The van der Waals surface area contributed by atoms with Crippen LogP contribution in [0.4, 0.5) is 0 Å². The van der Waals surface area contributed by atoms with E-state index in [2.05, 4.69) is 42.2 Å². The van der Waals surface area contributed by atoms with Gasteiger partial charge in [0.1, 0.15) is 0 Å². The Hall–Kier alpha value is -0.470. The van der Waals surface area contributed by atoms with Crippen molar-refractivity contribution in [3.63, 3.8) is 0 Å². The topological polar surface area (TPSA) is 3.24 Å². The first-order valence-electron chi connectivity index (χ1n) is 5.76. The minimum absolute atomic E-state index is 0.337. The Balaban J connectivity index is 2.03. The fourth-order valence-electron chi connectivity index (χ4n) is 2.28. The van der Waals surface area contributed by atoms with Gasteiger partial charge in [-0.3, -0.25) is 4.90 Å². The van der Waals surface area contributed by atoms with Gasteiger partial charge in [-0.05, 0) is 38.4 Å². The Morgan fingerprint density at radius 2 is 1.73 bits per heavy atom. The van der Waals surface area contributed by atoms with Gasteiger partial charge in [-0.2, -0.15) is 12.6 Å². The number of nitrogens with zero attached hydrogens (tertiary/aromatic N) is 1. The molecule has 2 rings (SSSR count). The van der Waals surface area contributed by atoms with Crippen molar-refractivity contribution in [3.05, 3.63) is 35.9 Å². The van der Waals surface area contributed by atoms with Crippen LogP contribution in [0.3, 0.4) is 0 Å². The zero-order chi connectivity index (χ0) is 10.7. The zero-order valence-corrected chi connectivity index (χ0v) is 10.2. The number of thiol groups is 1. The van der Waals surface area contributed by atoms with Crippen LogP contribution in [0, 0.1) is 0 Å². The van der Waals surface area contributed by atoms with Crippen molar-refractivity contribution in [2.24, 2.45) is 0 Å². The van der Waals surface area contributed by atoms with Crippen LogP contribution in [0.1, 0.15) is 30.6 Å². The van der Waals surface area contributed by atoms with Crippen LogP contribution in [0.15, 0.2) is 30.3 Å². The highest BCUT2D eigenvalue weighted by atomic mass is 32.1. The molecule has 0 aromatic heterocycles. The Bertz CT molecular complexity index is 293. The summed E-state index contributed by atoms with van der Waals surface area (Å²) in [6.07, 6.45) is 2.69. The zero-order valence-electron chi connectivity index (χ0n) is 9.26. The van der Waals surface area contributed by atoms with E-state index in [1.165, 1.54) is 31.5 Å². The molecule has 0 aliphatic carbocycles. The lowest BCUT2D eigenvalue weighted by Gasteiger charge is -2.28. The molecule has 1 saturated heterocycles. The SMILES string of the molecule is C[C@H]([C@@H](S)c1ccccc1)N1CCCC1. The second kappa shape index (κ2) is 5.04. The Morgan fingerprint density at radius 1 is 1.13 bits per heavy atom. The van der Waals surface area contributed by atoms with E-state index in [9.17, 15) is 0 Å². The maximum absolute atomic E-state index is 4.75. The molecule has 2 atom stereocenters. The van der Waals surface area contributed by atoms with Gasteiger partial charge < -0.3 is 0 Å². The van der Waals surface area contributed by atoms with Crippen molar-refractivity contribution in [1.82, 2.24) is 4.90 Å². The van der Waals surface area contributed by atoms with Crippen molar-refractivity contribution >= 4 is 12.6 Å². The number of hydrogen-bond donors (Lipinski definition) is 1. The summed E-state index contributed by atoms with van der Waals surface area (Å²) >= 11 is 4.75. The molecule has 0 bridgehead atoms. The summed E-state index contributed by atoms with van der Waals surface area (Å²) in [6.45, 7) is 4.77. The molecule has 0 radical (unpaired) electrons. The monoisotopic (exact) mass is 221 g/mol. The second-order valence-corrected chi connectivity index (χ2v) is 4.90. The van der Waals surface area contributed by atoms with Crippen LogP contribution in [0.2, 0.25) is 0 Å². The summed E-state index contributed by atoms with van der Waals surface area (Å²) < 4.78 is 0. The Morgan fingerprint density at radius 3 is 2.33 bits per heavy atom. The fourth-order valence-corrected chi connectivity index (χ4v) is 2.64. The normalized spacial score (nSPS) is 21.5. The molecule has 0 amide bonds. The Labute approximate surface area is 97.9 Å². The molecule has 0 unspecified atom stereocenters. The van der Waals surface area contributed by atoms with Crippen LogP contribution >= 0.6 is 12.6 Å². The van der Waals surface area contributed by atoms with Crippen molar-refractivity contribution in [3.8, 4) is 0 Å². The molecule has 1 aliphatic rings. The lowest BCUT2D eigenvalue weighted by molar-refractivity contribution is 0.255. The minimum atomic E-state index is 0.337. The first-order chi connectivity index (χ1) is 7.29. The highest BCUT2D eigenvalue weighted by molar-refractivity contribution is 7.80. The molecular formula is C13H19NS. The van der Waals surface area contributed by atoms with Crippen molar-refractivity contribution in [2.75, 3.05) is 13.1 Å². The molecule has 1 fully saturated rings. The van der Waals surface area contributed by atoms with Crippen LogP contribution in [0.5, 0.6) is 0 Å². The molecule has 82 valence electrons. The van der Waals surface area contributed by atoms with Crippen molar-refractivity contribution in [1.29, 1.82) is 0 Å². The summed E-state index contributed by atoms with van der Waals surface area (Å²) in [5.74, 6) is 0. The number of likely N-dealkylation sites (tertiary alicyclic amines) is 1. The van der Waals surface area contributed by atoms with Gasteiger partial charge in [0.25, 0.3) is 0 Å². The van der Waals surface area contributed by atoms with Gasteiger partial charge >= 0.3 is 0 Å². The van der Waals surface area contributed by atoms with E-state index in [0.29, 0.717) is 11.3 Å². The smallest absolute Gasteiger partial charge is 0.0419 e. The van der Waals surface area contributed by atoms with E-state index in [0.717, 1.165) is 0 Å². The van der Waals surface area contributed by atoms with Gasteiger partial charge in [-0.15, -0.1) is 0 Å². The summed E-state index contributed by atoms with van der Waals surface area (Å²) in [5, 5.41) is 0.337. The maximum Gasteiger partial charge on any atom is 0.0419 e. The van der Waals surface area contributed by atoms with E-state index in [1.807, 2.05) is 0 Å². The third kappa shape index (κ3) is 2.56. The van der Waals surface area contributed by atoms with Gasteiger partial charge in [-0.1, -0.05) is 30.3 Å². The number of benzene rings is 1. The number of rotatable bonds is 3. The van der Waals surface area contributed by atoms with Crippen molar-refractivity contribution < 1.29 is 0 Å². The molecule has 1 aromatic carbocycles. The average Bonchev–Trinajstić information content (AvgIpc) is 2.82. The van der Waals surface area contributed by atoms with E-state index in [4.69, 9.17) is 12.6 Å². The van der Waals surface area contributed by atoms with E-state index < -0.39 is 0 Å². The van der Waals surface area contributed by atoms with E-state index in [-0.39, 0.29) is 0 Å². The quantitative estimate of drug-likeness (QED) is 0.767. The maximum atomic E-state index is 4.75. The third-order valence-electron chi connectivity index (χ3n) is 3.31. The highest BCUT2D eigenvalue weighted by Gasteiger charge is 2.24. The van der Waals surface area contributed by atoms with Crippen LogP contribution in [-0.4, -0.2) is 24.0 Å². The minimum Gasteiger partial charge on any atom is -0.299 e. The van der Waals surface area contributed by atoms with Crippen LogP contribution in [0.25, 0.3) is 0 Å². The van der Waals surface area contributed by atoms with Crippen molar-refractivity contribution in [2.45, 2.75) is 31.1 Å². The third-order valence-corrected chi connectivity index (χ3v) is 4.04. The molecule has 1 nitrogen and oxygen atoms in total. The lowest BCUT2D eigenvalue weighted by Crippen LogP contribution is -2.33. The van der Waals surface area contributed by atoms with Gasteiger partial charge in [0, 0.05) is 11.3 Å². The predicted molar refractivity (Wildman–Crippen MR) is 68.4 cm³/mol. The van der Waals surface area contributed by atoms with Gasteiger partial charge in [0.2, 0.25) is 0 Å². The summed E-state index contributed by atoms with van der Waals surface area (Å²) in [7, 11) is 0.